The van der Waals surface area contributed by atoms with Crippen LogP contribution in [0.5, 0.6) is 5.75 Å². The molecular formula is C15H23BrN2O. The topological polar surface area (TPSA) is 24.5 Å². The van der Waals surface area contributed by atoms with Gasteiger partial charge in [-0.25, -0.2) is 0 Å². The molecule has 0 saturated carbocycles. The van der Waals surface area contributed by atoms with Crippen LogP contribution in [-0.4, -0.2) is 38.7 Å². The zero-order chi connectivity index (χ0) is 14.2. The molecule has 1 atom stereocenters. The first-order valence-electron chi connectivity index (χ1n) is 6.72. The van der Waals surface area contributed by atoms with E-state index in [0.29, 0.717) is 6.04 Å². The number of ether oxygens (including phenoxy) is 1. The lowest BCUT2D eigenvalue weighted by Crippen LogP contribution is -2.44. The van der Waals surface area contributed by atoms with Crippen LogP contribution in [0.15, 0.2) is 4.47 Å². The second kappa shape index (κ2) is 5.81. The Hall–Kier alpha value is -0.580. The van der Waals surface area contributed by atoms with E-state index in [9.17, 15) is 0 Å². The summed E-state index contributed by atoms with van der Waals surface area (Å²) < 4.78 is 6.91. The molecule has 0 aliphatic carbocycles. The number of methoxy groups -OCH3 is 1. The molecule has 1 N–H and O–H groups in total. The predicted octanol–water partition coefficient (Wildman–Crippen LogP) is 2.96. The van der Waals surface area contributed by atoms with E-state index in [0.717, 1.165) is 25.4 Å². The molecule has 0 aromatic heterocycles. The van der Waals surface area contributed by atoms with Gasteiger partial charge in [-0.15, -0.1) is 0 Å². The fourth-order valence-corrected chi connectivity index (χ4v) is 3.39. The maximum Gasteiger partial charge on any atom is 0.127 e. The van der Waals surface area contributed by atoms with Gasteiger partial charge in [0.05, 0.1) is 7.11 Å². The number of hydrogen-bond donors (Lipinski definition) is 1. The SMILES string of the molecule is COc1c(C)c(C)c(Br)c(C)c1C1CN(C)CCN1. The highest BCUT2D eigenvalue weighted by atomic mass is 79.9. The van der Waals surface area contributed by atoms with E-state index in [1.54, 1.807) is 7.11 Å². The van der Waals surface area contributed by atoms with Crippen LogP contribution < -0.4 is 10.1 Å². The smallest absolute Gasteiger partial charge is 0.127 e. The van der Waals surface area contributed by atoms with Gasteiger partial charge in [0.2, 0.25) is 0 Å². The van der Waals surface area contributed by atoms with E-state index in [-0.39, 0.29) is 0 Å². The lowest BCUT2D eigenvalue weighted by molar-refractivity contribution is 0.237. The summed E-state index contributed by atoms with van der Waals surface area (Å²) in [6, 6.07) is 0.337. The van der Waals surface area contributed by atoms with E-state index in [1.807, 2.05) is 0 Å². The Kier molecular flexibility index (Phi) is 4.54. The number of nitrogens with one attached hydrogen (secondary N) is 1. The van der Waals surface area contributed by atoms with Crippen molar-refractivity contribution >= 4 is 15.9 Å². The molecule has 106 valence electrons. The molecule has 0 spiro atoms. The van der Waals surface area contributed by atoms with Crippen molar-refractivity contribution in [3.05, 3.63) is 26.7 Å². The number of nitrogens with zero attached hydrogens (tertiary/aromatic N) is 1. The van der Waals surface area contributed by atoms with Crippen LogP contribution in [0.3, 0.4) is 0 Å². The van der Waals surface area contributed by atoms with E-state index in [4.69, 9.17) is 4.74 Å². The number of piperazine rings is 1. The fourth-order valence-electron chi connectivity index (χ4n) is 2.88. The van der Waals surface area contributed by atoms with Crippen molar-refractivity contribution in [2.24, 2.45) is 0 Å². The number of halogens is 1. The van der Waals surface area contributed by atoms with Gasteiger partial charge >= 0.3 is 0 Å². The Balaban J connectivity index is 2.55. The van der Waals surface area contributed by atoms with Crippen molar-refractivity contribution in [3.8, 4) is 5.75 Å². The first-order chi connectivity index (χ1) is 8.97. The first kappa shape index (κ1) is 14.8. The highest BCUT2D eigenvalue weighted by molar-refractivity contribution is 9.10. The summed E-state index contributed by atoms with van der Waals surface area (Å²) in [6.07, 6.45) is 0. The first-order valence-corrected chi connectivity index (χ1v) is 7.51. The average molecular weight is 327 g/mol. The molecular weight excluding hydrogens is 304 g/mol. The Labute approximate surface area is 124 Å². The molecule has 1 aliphatic heterocycles. The zero-order valence-electron chi connectivity index (χ0n) is 12.4. The Morgan fingerprint density at radius 3 is 2.47 bits per heavy atom. The third kappa shape index (κ3) is 2.67. The zero-order valence-corrected chi connectivity index (χ0v) is 14.0. The van der Waals surface area contributed by atoms with Crippen LogP contribution in [0, 0.1) is 20.8 Å². The van der Waals surface area contributed by atoms with E-state index < -0.39 is 0 Å². The minimum atomic E-state index is 0.337. The molecule has 2 rings (SSSR count). The summed E-state index contributed by atoms with van der Waals surface area (Å²) in [6.45, 7) is 9.59. The molecule has 1 aliphatic rings. The highest BCUT2D eigenvalue weighted by Crippen LogP contribution is 2.39. The van der Waals surface area contributed by atoms with Gasteiger partial charge in [-0.3, -0.25) is 0 Å². The van der Waals surface area contributed by atoms with E-state index in [1.165, 1.54) is 26.7 Å². The molecule has 4 heteroatoms. The summed E-state index contributed by atoms with van der Waals surface area (Å²) in [5, 5.41) is 3.61. The van der Waals surface area contributed by atoms with Crippen molar-refractivity contribution in [3.63, 3.8) is 0 Å². The predicted molar refractivity (Wildman–Crippen MR) is 83.1 cm³/mol. The molecule has 1 heterocycles. The minimum Gasteiger partial charge on any atom is -0.496 e. The van der Waals surface area contributed by atoms with E-state index >= 15 is 0 Å². The molecule has 1 aromatic carbocycles. The minimum absolute atomic E-state index is 0.337. The lowest BCUT2D eigenvalue weighted by atomic mass is 9.93. The monoisotopic (exact) mass is 326 g/mol. The van der Waals surface area contributed by atoms with Gasteiger partial charge in [0.25, 0.3) is 0 Å². The van der Waals surface area contributed by atoms with Gasteiger partial charge in [0.15, 0.2) is 0 Å². The van der Waals surface area contributed by atoms with Gasteiger partial charge in [-0.05, 0) is 44.5 Å². The summed E-state index contributed by atoms with van der Waals surface area (Å²) in [5.74, 6) is 1.03. The molecule has 1 fully saturated rings. The van der Waals surface area contributed by atoms with Crippen molar-refractivity contribution in [2.45, 2.75) is 26.8 Å². The molecule has 0 radical (unpaired) electrons. The Bertz CT molecular complexity index is 488. The van der Waals surface area contributed by atoms with Crippen molar-refractivity contribution in [2.75, 3.05) is 33.8 Å². The molecule has 1 aromatic rings. The molecule has 0 amide bonds. The summed E-state index contributed by atoms with van der Waals surface area (Å²) in [5.41, 5.74) is 5.07. The number of benzene rings is 1. The maximum absolute atomic E-state index is 5.70. The fraction of sp³-hybridized carbons (Fsp3) is 0.600. The van der Waals surface area contributed by atoms with Crippen molar-refractivity contribution in [1.29, 1.82) is 0 Å². The Morgan fingerprint density at radius 2 is 1.89 bits per heavy atom. The van der Waals surface area contributed by atoms with Gasteiger partial charge in [-0.1, -0.05) is 15.9 Å². The normalized spacial score (nSPS) is 20.6. The standard InChI is InChI=1S/C15H23BrN2O/c1-9-10(2)15(19-5)13(11(3)14(9)16)12-8-18(4)7-6-17-12/h12,17H,6-8H2,1-5H3. The molecule has 0 bridgehead atoms. The summed E-state index contributed by atoms with van der Waals surface area (Å²) >= 11 is 3.73. The number of likely N-dealkylation sites (N-methyl/N-ethyl adjacent to an activating group) is 1. The van der Waals surface area contributed by atoms with Crippen LogP contribution in [-0.2, 0) is 0 Å². The molecule has 1 saturated heterocycles. The van der Waals surface area contributed by atoms with Crippen LogP contribution in [0.2, 0.25) is 0 Å². The number of hydrogen-bond acceptors (Lipinski definition) is 3. The molecule has 3 nitrogen and oxygen atoms in total. The third-order valence-electron chi connectivity index (χ3n) is 4.14. The summed E-state index contributed by atoms with van der Waals surface area (Å²) in [4.78, 5) is 2.36. The highest BCUT2D eigenvalue weighted by Gasteiger charge is 2.26. The van der Waals surface area contributed by atoms with Gasteiger partial charge < -0.3 is 15.0 Å². The second-order valence-corrected chi connectivity index (χ2v) is 6.20. The molecule has 1 unspecified atom stereocenters. The van der Waals surface area contributed by atoms with E-state index in [2.05, 4.69) is 54.0 Å². The maximum atomic E-state index is 5.70. The van der Waals surface area contributed by atoms with Crippen molar-refractivity contribution < 1.29 is 4.74 Å². The van der Waals surface area contributed by atoms with Gasteiger partial charge in [0.1, 0.15) is 5.75 Å². The third-order valence-corrected chi connectivity index (χ3v) is 5.33. The second-order valence-electron chi connectivity index (χ2n) is 5.40. The van der Waals surface area contributed by atoms with Crippen LogP contribution in [0.4, 0.5) is 0 Å². The Morgan fingerprint density at radius 1 is 1.21 bits per heavy atom. The van der Waals surface area contributed by atoms with Gasteiger partial charge in [-0.2, -0.15) is 0 Å². The number of rotatable bonds is 2. The largest absolute Gasteiger partial charge is 0.496 e. The van der Waals surface area contributed by atoms with Gasteiger partial charge in [0, 0.05) is 35.7 Å². The van der Waals surface area contributed by atoms with Crippen LogP contribution in [0.1, 0.15) is 28.3 Å². The average Bonchev–Trinajstić information content (AvgIpc) is 2.40. The summed E-state index contributed by atoms with van der Waals surface area (Å²) in [7, 11) is 3.94. The molecule has 19 heavy (non-hydrogen) atoms. The van der Waals surface area contributed by atoms with Crippen LogP contribution in [0.25, 0.3) is 0 Å². The quantitative estimate of drug-likeness (QED) is 0.904. The lowest BCUT2D eigenvalue weighted by Gasteiger charge is -2.33. The van der Waals surface area contributed by atoms with Crippen molar-refractivity contribution in [1.82, 2.24) is 10.2 Å². The van der Waals surface area contributed by atoms with Crippen LogP contribution >= 0.6 is 15.9 Å².